The minimum absolute atomic E-state index is 0.00297. The highest BCUT2D eigenvalue weighted by molar-refractivity contribution is 7.18. The third-order valence-corrected chi connectivity index (χ3v) is 9.97. The zero-order chi connectivity index (χ0) is 33.7. The molecule has 1 aromatic carbocycles. The summed E-state index contributed by atoms with van der Waals surface area (Å²) in [5, 5.41) is 7.48. The smallest absolute Gasteiger partial charge is 0.251 e. The summed E-state index contributed by atoms with van der Waals surface area (Å²) < 4.78 is 46.0. The summed E-state index contributed by atoms with van der Waals surface area (Å²) in [7, 11) is 3.53. The number of fused-ring (bicyclic) bond motifs is 2. The zero-order valence-corrected chi connectivity index (χ0v) is 27.6. The fraction of sp³-hybridized carbons (Fsp3) is 0.314. The number of likely N-dealkylation sites (N-methyl/N-ethyl adjacent to an activating group) is 1. The van der Waals surface area contributed by atoms with E-state index in [1.807, 2.05) is 42.2 Å². The number of methoxy groups -OCH3 is 1. The Morgan fingerprint density at radius 3 is 2.65 bits per heavy atom. The van der Waals surface area contributed by atoms with E-state index in [1.165, 1.54) is 24.5 Å². The Hall–Kier alpha value is -4.72. The van der Waals surface area contributed by atoms with E-state index in [-0.39, 0.29) is 48.1 Å². The molecule has 6 heterocycles. The van der Waals surface area contributed by atoms with Crippen molar-refractivity contribution in [3.8, 4) is 39.5 Å². The van der Waals surface area contributed by atoms with Crippen LogP contribution in [-0.4, -0.2) is 82.0 Å². The standard InChI is InChI=1S/C35H34F2N6O4S/c1-5-29(44)41-9-10-43-27(20(41)2)17-26(39-43)34-32(31-25(37)15-22(36)16-28(31)47-12-11-46-4)35-24(7-13-48-35)33(38-34)21-6-8-42(30(45)14-21)23-18-40(3)19-23/h5-8,13-17,20,23H,1,9-12,18-19H2,2-4H3. The number of rotatable bonds is 9. The van der Waals surface area contributed by atoms with Crippen molar-refractivity contribution >= 4 is 27.3 Å². The molecule has 1 fully saturated rings. The topological polar surface area (TPSA) is 94.7 Å². The lowest BCUT2D eigenvalue weighted by molar-refractivity contribution is -0.129. The number of hydrogen-bond acceptors (Lipinski definition) is 8. The molecule has 5 aromatic rings. The number of thiophene rings is 1. The van der Waals surface area contributed by atoms with Crippen LogP contribution in [0.3, 0.4) is 0 Å². The molecule has 1 atom stereocenters. The van der Waals surface area contributed by atoms with E-state index >= 15 is 4.39 Å². The number of carbonyl (C=O) groups is 1. The van der Waals surface area contributed by atoms with Crippen molar-refractivity contribution < 1.29 is 23.0 Å². The number of amides is 1. The summed E-state index contributed by atoms with van der Waals surface area (Å²) in [5.74, 6) is -1.79. The van der Waals surface area contributed by atoms with Gasteiger partial charge in [-0.3, -0.25) is 14.3 Å². The van der Waals surface area contributed by atoms with Crippen LogP contribution >= 0.6 is 11.3 Å². The van der Waals surface area contributed by atoms with Crippen molar-refractivity contribution in [2.45, 2.75) is 25.6 Å². The number of halogens is 2. The first-order valence-corrected chi connectivity index (χ1v) is 16.5. The molecular formula is C35H34F2N6O4S. The van der Waals surface area contributed by atoms with Crippen molar-refractivity contribution in [1.82, 2.24) is 29.1 Å². The molecule has 7 rings (SSSR count). The molecule has 13 heteroatoms. The lowest BCUT2D eigenvalue weighted by Gasteiger charge is -2.37. The molecule has 0 aliphatic carbocycles. The van der Waals surface area contributed by atoms with Crippen molar-refractivity contribution in [3.63, 3.8) is 0 Å². The highest BCUT2D eigenvalue weighted by Gasteiger charge is 2.32. The first kappa shape index (κ1) is 31.9. The molecule has 248 valence electrons. The van der Waals surface area contributed by atoms with Gasteiger partial charge in [0.05, 0.1) is 42.2 Å². The maximum Gasteiger partial charge on any atom is 0.251 e. The molecule has 0 radical (unpaired) electrons. The van der Waals surface area contributed by atoms with Crippen LogP contribution in [0.5, 0.6) is 5.75 Å². The van der Waals surface area contributed by atoms with Gasteiger partial charge in [0.15, 0.2) is 0 Å². The number of pyridine rings is 2. The van der Waals surface area contributed by atoms with Gasteiger partial charge in [0, 0.05) is 72.4 Å². The Labute approximate surface area is 279 Å². The highest BCUT2D eigenvalue weighted by atomic mass is 32.1. The number of aromatic nitrogens is 4. The Morgan fingerprint density at radius 1 is 1.10 bits per heavy atom. The van der Waals surface area contributed by atoms with E-state index < -0.39 is 11.6 Å². The van der Waals surface area contributed by atoms with E-state index in [1.54, 1.807) is 21.7 Å². The monoisotopic (exact) mass is 672 g/mol. The summed E-state index contributed by atoms with van der Waals surface area (Å²) in [6, 6.07) is 8.96. The molecule has 0 saturated carbocycles. The van der Waals surface area contributed by atoms with Gasteiger partial charge < -0.3 is 23.8 Å². The van der Waals surface area contributed by atoms with Gasteiger partial charge in [-0.05, 0) is 43.6 Å². The highest BCUT2D eigenvalue weighted by Crippen LogP contribution is 2.47. The van der Waals surface area contributed by atoms with E-state index in [4.69, 9.17) is 19.6 Å². The Kier molecular flexibility index (Phi) is 8.44. The van der Waals surface area contributed by atoms with Crippen LogP contribution in [-0.2, 0) is 16.1 Å². The molecule has 48 heavy (non-hydrogen) atoms. The molecule has 1 unspecified atom stereocenters. The predicted octanol–water partition coefficient (Wildman–Crippen LogP) is 5.53. The number of nitrogens with zero attached hydrogens (tertiary/aromatic N) is 6. The normalized spacial score (nSPS) is 16.6. The van der Waals surface area contributed by atoms with Crippen LogP contribution in [0.25, 0.3) is 43.9 Å². The molecule has 1 amide bonds. The van der Waals surface area contributed by atoms with Crippen molar-refractivity contribution in [2.75, 3.05) is 47.0 Å². The molecule has 10 nitrogen and oxygen atoms in total. The van der Waals surface area contributed by atoms with Gasteiger partial charge in [-0.1, -0.05) is 6.58 Å². The van der Waals surface area contributed by atoms with Gasteiger partial charge in [0.1, 0.15) is 35.4 Å². The van der Waals surface area contributed by atoms with E-state index in [2.05, 4.69) is 11.5 Å². The SMILES string of the molecule is C=CC(=O)N1CCn2nc(-c3nc(-c4ccn(C5CN(C)C5)c(=O)c4)c4ccsc4c3-c3c(F)cc(F)cc3OCCOC)cc2C1C. The molecular weight excluding hydrogens is 638 g/mol. The predicted molar refractivity (Wildman–Crippen MR) is 180 cm³/mol. The van der Waals surface area contributed by atoms with E-state index in [0.29, 0.717) is 51.4 Å². The number of ether oxygens (including phenoxy) is 2. The van der Waals surface area contributed by atoms with Crippen molar-refractivity contribution in [2.24, 2.45) is 0 Å². The fourth-order valence-electron chi connectivity index (χ4n) is 6.62. The lowest BCUT2D eigenvalue weighted by atomic mass is 9.96. The summed E-state index contributed by atoms with van der Waals surface area (Å²) in [6.45, 7) is 8.29. The average Bonchev–Trinajstić information content (AvgIpc) is 3.71. The fourth-order valence-corrected chi connectivity index (χ4v) is 7.57. The Balaban J connectivity index is 1.46. The van der Waals surface area contributed by atoms with Gasteiger partial charge in [0.25, 0.3) is 5.56 Å². The molecule has 2 aliphatic heterocycles. The second kappa shape index (κ2) is 12.7. The third-order valence-electron chi connectivity index (χ3n) is 9.04. The summed E-state index contributed by atoms with van der Waals surface area (Å²) >= 11 is 1.38. The quantitative estimate of drug-likeness (QED) is 0.150. The summed E-state index contributed by atoms with van der Waals surface area (Å²) in [6.07, 6.45) is 3.09. The zero-order valence-electron chi connectivity index (χ0n) is 26.8. The van der Waals surface area contributed by atoms with Crippen molar-refractivity contribution in [3.05, 3.63) is 88.3 Å². The van der Waals surface area contributed by atoms with E-state index in [0.717, 1.165) is 30.9 Å². The number of hydrogen-bond donors (Lipinski definition) is 0. The van der Waals surface area contributed by atoms with Gasteiger partial charge in [0.2, 0.25) is 5.91 Å². The second-order valence-corrected chi connectivity index (χ2v) is 13.0. The minimum atomic E-state index is -0.818. The first-order valence-electron chi connectivity index (χ1n) is 15.6. The molecule has 2 aliphatic rings. The van der Waals surface area contributed by atoms with Gasteiger partial charge in [-0.25, -0.2) is 13.8 Å². The third kappa shape index (κ3) is 5.51. The maximum atomic E-state index is 16.1. The molecule has 0 N–H and O–H groups in total. The van der Waals surface area contributed by atoms with Gasteiger partial charge in [-0.2, -0.15) is 5.10 Å². The Bertz CT molecular complexity index is 2120. The maximum absolute atomic E-state index is 16.1. The Morgan fingerprint density at radius 2 is 1.92 bits per heavy atom. The van der Waals surface area contributed by atoms with E-state index in [9.17, 15) is 14.0 Å². The minimum Gasteiger partial charge on any atom is -0.490 e. The van der Waals surface area contributed by atoms with Crippen LogP contribution in [0.1, 0.15) is 24.7 Å². The number of carbonyl (C=O) groups excluding carboxylic acids is 1. The number of likely N-dealkylation sites (tertiary alicyclic amines) is 1. The molecule has 1 saturated heterocycles. The second-order valence-electron chi connectivity index (χ2n) is 12.1. The molecule has 0 bridgehead atoms. The summed E-state index contributed by atoms with van der Waals surface area (Å²) in [5.41, 5.74) is 2.98. The van der Waals surface area contributed by atoms with Crippen LogP contribution in [0.15, 0.2) is 65.4 Å². The molecule has 0 spiro atoms. The summed E-state index contributed by atoms with van der Waals surface area (Å²) in [4.78, 5) is 34.9. The molecule has 4 aromatic heterocycles. The van der Waals surface area contributed by atoms with Crippen LogP contribution in [0.2, 0.25) is 0 Å². The number of benzene rings is 1. The van der Waals surface area contributed by atoms with Crippen LogP contribution < -0.4 is 10.3 Å². The van der Waals surface area contributed by atoms with Gasteiger partial charge in [-0.15, -0.1) is 11.3 Å². The largest absolute Gasteiger partial charge is 0.490 e. The first-order chi connectivity index (χ1) is 23.2. The van der Waals surface area contributed by atoms with Crippen molar-refractivity contribution in [1.29, 1.82) is 0 Å². The van der Waals surface area contributed by atoms with Crippen LogP contribution in [0.4, 0.5) is 8.78 Å². The lowest BCUT2D eigenvalue weighted by Crippen LogP contribution is -2.47. The average molecular weight is 673 g/mol. The van der Waals surface area contributed by atoms with Crippen LogP contribution in [0, 0.1) is 11.6 Å². The van der Waals surface area contributed by atoms with Gasteiger partial charge >= 0.3 is 0 Å².